The second kappa shape index (κ2) is 8.39. The van der Waals surface area contributed by atoms with E-state index >= 15 is 0 Å². The van der Waals surface area contributed by atoms with Gasteiger partial charge in [-0.2, -0.15) is 0 Å². The Bertz CT molecular complexity index is 474. The number of nitrogens with zero attached hydrogens (tertiary/aromatic N) is 1. The van der Waals surface area contributed by atoms with Gasteiger partial charge in [0.25, 0.3) is 0 Å². The van der Waals surface area contributed by atoms with Crippen molar-refractivity contribution in [2.24, 2.45) is 5.73 Å². The van der Waals surface area contributed by atoms with Crippen molar-refractivity contribution in [3.63, 3.8) is 0 Å². The van der Waals surface area contributed by atoms with Crippen molar-refractivity contribution in [2.45, 2.75) is 26.4 Å². The van der Waals surface area contributed by atoms with Crippen LogP contribution < -0.4 is 11.1 Å². The maximum absolute atomic E-state index is 12.2. The number of amides is 1. The first kappa shape index (κ1) is 17.1. The van der Waals surface area contributed by atoms with Crippen LogP contribution in [-0.4, -0.2) is 43.0 Å². The fourth-order valence-corrected chi connectivity index (χ4v) is 1.89. The SMILES string of the molecule is CCN(CC(=O)OC)C(C)C(=O)Nc1ccc(CN)cc1. The van der Waals surface area contributed by atoms with Gasteiger partial charge >= 0.3 is 5.97 Å². The van der Waals surface area contributed by atoms with E-state index in [0.29, 0.717) is 18.8 Å². The van der Waals surface area contributed by atoms with Gasteiger partial charge in [-0.25, -0.2) is 0 Å². The zero-order valence-electron chi connectivity index (χ0n) is 12.8. The predicted octanol–water partition coefficient (Wildman–Crippen LogP) is 0.967. The number of hydrogen-bond acceptors (Lipinski definition) is 5. The summed E-state index contributed by atoms with van der Waals surface area (Å²) in [4.78, 5) is 25.3. The molecule has 1 aromatic rings. The molecule has 0 bridgehead atoms. The van der Waals surface area contributed by atoms with Gasteiger partial charge in [-0.3, -0.25) is 14.5 Å². The minimum atomic E-state index is -0.428. The molecule has 0 spiro atoms. The van der Waals surface area contributed by atoms with Gasteiger partial charge in [0.1, 0.15) is 0 Å². The van der Waals surface area contributed by atoms with E-state index in [9.17, 15) is 9.59 Å². The highest BCUT2D eigenvalue weighted by atomic mass is 16.5. The topological polar surface area (TPSA) is 84.7 Å². The molecular weight excluding hydrogens is 270 g/mol. The van der Waals surface area contributed by atoms with Gasteiger partial charge in [0.05, 0.1) is 19.7 Å². The lowest BCUT2D eigenvalue weighted by molar-refractivity contribution is -0.142. The second-order valence-corrected chi connectivity index (χ2v) is 4.71. The first-order valence-corrected chi connectivity index (χ1v) is 6.92. The van der Waals surface area contributed by atoms with Gasteiger partial charge in [-0.05, 0) is 31.2 Å². The van der Waals surface area contributed by atoms with Crippen LogP contribution in [0.25, 0.3) is 0 Å². The number of nitrogens with one attached hydrogen (secondary N) is 1. The average Bonchev–Trinajstić information content (AvgIpc) is 2.52. The normalized spacial score (nSPS) is 12.0. The third-order valence-corrected chi connectivity index (χ3v) is 3.35. The molecule has 116 valence electrons. The molecule has 1 rings (SSSR count). The van der Waals surface area contributed by atoms with Gasteiger partial charge in [-0.1, -0.05) is 19.1 Å². The van der Waals surface area contributed by atoms with Crippen molar-refractivity contribution in [2.75, 3.05) is 25.5 Å². The van der Waals surface area contributed by atoms with E-state index in [1.54, 1.807) is 11.8 Å². The maximum atomic E-state index is 12.2. The van der Waals surface area contributed by atoms with Gasteiger partial charge < -0.3 is 15.8 Å². The Morgan fingerprint density at radius 3 is 2.43 bits per heavy atom. The summed E-state index contributed by atoms with van der Waals surface area (Å²) in [5.74, 6) is -0.523. The zero-order valence-corrected chi connectivity index (χ0v) is 12.8. The lowest BCUT2D eigenvalue weighted by Crippen LogP contribution is -2.44. The maximum Gasteiger partial charge on any atom is 0.319 e. The number of ether oxygens (including phenoxy) is 1. The number of carbonyl (C=O) groups is 2. The summed E-state index contributed by atoms with van der Waals surface area (Å²) in [5, 5.41) is 2.83. The number of likely N-dealkylation sites (N-methyl/N-ethyl adjacent to an activating group) is 1. The second-order valence-electron chi connectivity index (χ2n) is 4.71. The molecule has 0 aliphatic carbocycles. The zero-order chi connectivity index (χ0) is 15.8. The van der Waals surface area contributed by atoms with Gasteiger partial charge in [-0.15, -0.1) is 0 Å². The van der Waals surface area contributed by atoms with Gasteiger partial charge in [0.2, 0.25) is 5.91 Å². The number of methoxy groups -OCH3 is 1. The van der Waals surface area contributed by atoms with Crippen molar-refractivity contribution in [1.29, 1.82) is 0 Å². The molecule has 0 aromatic heterocycles. The fraction of sp³-hybridized carbons (Fsp3) is 0.467. The summed E-state index contributed by atoms with van der Waals surface area (Å²) in [6.07, 6.45) is 0. The van der Waals surface area contributed by atoms with E-state index in [2.05, 4.69) is 10.1 Å². The van der Waals surface area contributed by atoms with E-state index in [1.165, 1.54) is 7.11 Å². The number of esters is 1. The summed E-state index contributed by atoms with van der Waals surface area (Å²) >= 11 is 0. The van der Waals surface area contributed by atoms with Crippen LogP contribution in [0.3, 0.4) is 0 Å². The van der Waals surface area contributed by atoms with Crippen molar-refractivity contribution >= 4 is 17.6 Å². The molecule has 6 nitrogen and oxygen atoms in total. The Hall–Kier alpha value is -1.92. The molecule has 21 heavy (non-hydrogen) atoms. The molecule has 3 N–H and O–H groups in total. The Balaban J connectivity index is 2.65. The van der Waals surface area contributed by atoms with Gasteiger partial charge in [0.15, 0.2) is 0 Å². The summed E-state index contributed by atoms with van der Waals surface area (Å²) in [6, 6.07) is 6.93. The Morgan fingerprint density at radius 1 is 1.33 bits per heavy atom. The molecule has 6 heteroatoms. The molecular formula is C15H23N3O3. The van der Waals surface area contributed by atoms with Crippen molar-refractivity contribution in [3.8, 4) is 0 Å². The van der Waals surface area contributed by atoms with Crippen LogP contribution in [0.1, 0.15) is 19.4 Å². The molecule has 0 radical (unpaired) electrons. The standard InChI is InChI=1S/C15H23N3O3/c1-4-18(10-14(19)21-3)11(2)15(20)17-13-7-5-12(9-16)6-8-13/h5-8,11H,4,9-10,16H2,1-3H3,(H,17,20). The predicted molar refractivity (Wildman–Crippen MR) is 81.7 cm³/mol. The molecule has 0 aliphatic rings. The Morgan fingerprint density at radius 2 is 1.95 bits per heavy atom. The van der Waals surface area contributed by atoms with E-state index in [1.807, 2.05) is 31.2 Å². The minimum absolute atomic E-state index is 0.0910. The average molecular weight is 293 g/mol. The molecule has 0 fully saturated rings. The van der Waals surface area contributed by atoms with E-state index < -0.39 is 6.04 Å². The molecule has 1 aromatic carbocycles. The quantitative estimate of drug-likeness (QED) is 0.732. The van der Waals surface area contributed by atoms with Gasteiger partial charge in [0, 0.05) is 12.2 Å². The molecule has 1 atom stereocenters. The highest BCUT2D eigenvalue weighted by Crippen LogP contribution is 2.11. The first-order valence-electron chi connectivity index (χ1n) is 6.92. The molecule has 1 unspecified atom stereocenters. The van der Waals surface area contributed by atoms with Crippen LogP contribution in [0.15, 0.2) is 24.3 Å². The number of anilines is 1. The minimum Gasteiger partial charge on any atom is -0.468 e. The summed E-state index contributed by atoms with van der Waals surface area (Å²) in [6.45, 7) is 4.79. The number of benzene rings is 1. The summed E-state index contributed by atoms with van der Waals surface area (Å²) in [5.41, 5.74) is 7.24. The molecule has 1 amide bonds. The number of carbonyl (C=O) groups excluding carboxylic acids is 2. The number of hydrogen-bond donors (Lipinski definition) is 2. The van der Waals surface area contributed by atoms with E-state index in [0.717, 1.165) is 5.56 Å². The van der Waals surface area contributed by atoms with Crippen molar-refractivity contribution in [3.05, 3.63) is 29.8 Å². The summed E-state index contributed by atoms with van der Waals surface area (Å²) < 4.78 is 4.63. The highest BCUT2D eigenvalue weighted by Gasteiger charge is 2.22. The fourth-order valence-electron chi connectivity index (χ4n) is 1.89. The highest BCUT2D eigenvalue weighted by molar-refractivity contribution is 5.94. The lowest BCUT2D eigenvalue weighted by Gasteiger charge is -2.25. The number of rotatable bonds is 7. The van der Waals surface area contributed by atoms with Crippen molar-refractivity contribution < 1.29 is 14.3 Å². The Labute approximate surface area is 125 Å². The first-order chi connectivity index (χ1) is 10.0. The molecule has 0 heterocycles. The van der Waals surface area contributed by atoms with Crippen LogP contribution in [-0.2, 0) is 20.9 Å². The van der Waals surface area contributed by atoms with Crippen molar-refractivity contribution in [1.82, 2.24) is 4.90 Å². The van der Waals surface area contributed by atoms with Crippen LogP contribution in [0, 0.1) is 0 Å². The lowest BCUT2D eigenvalue weighted by atomic mass is 10.2. The Kier molecular flexibility index (Phi) is 6.84. The van der Waals surface area contributed by atoms with Crippen LogP contribution >= 0.6 is 0 Å². The molecule has 0 aliphatic heterocycles. The monoisotopic (exact) mass is 293 g/mol. The summed E-state index contributed by atoms with van der Waals surface area (Å²) in [7, 11) is 1.33. The third kappa shape index (κ3) is 5.17. The van der Waals surface area contributed by atoms with Crippen LogP contribution in [0.5, 0.6) is 0 Å². The van der Waals surface area contributed by atoms with Crippen LogP contribution in [0.2, 0.25) is 0 Å². The van der Waals surface area contributed by atoms with E-state index in [-0.39, 0.29) is 18.4 Å². The smallest absolute Gasteiger partial charge is 0.319 e. The third-order valence-electron chi connectivity index (χ3n) is 3.35. The number of nitrogens with two attached hydrogens (primary N) is 1. The largest absolute Gasteiger partial charge is 0.468 e. The molecule has 0 saturated heterocycles. The molecule has 0 saturated carbocycles. The van der Waals surface area contributed by atoms with E-state index in [4.69, 9.17) is 5.73 Å². The van der Waals surface area contributed by atoms with Crippen LogP contribution in [0.4, 0.5) is 5.69 Å².